The highest BCUT2D eigenvalue weighted by Crippen LogP contribution is 2.10. The van der Waals surface area contributed by atoms with Crippen molar-refractivity contribution in [3.8, 4) is 0 Å². The fraction of sp³-hybridized carbons (Fsp3) is 0.800. The summed E-state index contributed by atoms with van der Waals surface area (Å²) in [6.07, 6.45) is 4.60. The van der Waals surface area contributed by atoms with Gasteiger partial charge in [-0.15, -0.1) is 6.58 Å². The summed E-state index contributed by atoms with van der Waals surface area (Å²) in [4.78, 5) is 0. The lowest BCUT2D eigenvalue weighted by molar-refractivity contribution is 0.105. The Morgan fingerprint density at radius 1 is 1.62 bits per heavy atom. The van der Waals surface area contributed by atoms with E-state index in [2.05, 4.69) is 11.9 Å². The van der Waals surface area contributed by atoms with Crippen molar-refractivity contribution in [3.63, 3.8) is 0 Å². The molecule has 1 fully saturated rings. The highest BCUT2D eigenvalue weighted by Gasteiger charge is 2.13. The smallest absolute Gasteiger partial charge is 0.0700 e. The molecular weight excluding hydrogens is 166 g/mol. The van der Waals surface area contributed by atoms with Crippen LogP contribution in [-0.2, 0) is 9.47 Å². The van der Waals surface area contributed by atoms with Gasteiger partial charge in [0.25, 0.3) is 0 Å². The van der Waals surface area contributed by atoms with Crippen LogP contribution < -0.4 is 5.32 Å². The third-order valence-electron chi connectivity index (χ3n) is 2.05. The largest absolute Gasteiger partial charge is 0.377 e. The van der Waals surface area contributed by atoms with Crippen molar-refractivity contribution < 1.29 is 9.47 Å². The van der Waals surface area contributed by atoms with Crippen molar-refractivity contribution in [1.29, 1.82) is 0 Å². The summed E-state index contributed by atoms with van der Waals surface area (Å²) in [5.41, 5.74) is 0. The van der Waals surface area contributed by atoms with Gasteiger partial charge in [0.2, 0.25) is 0 Å². The summed E-state index contributed by atoms with van der Waals surface area (Å²) in [5.74, 6) is 0. The molecule has 0 saturated carbocycles. The van der Waals surface area contributed by atoms with Gasteiger partial charge in [-0.2, -0.15) is 0 Å². The SMILES string of the molecule is C=CCOCCNCC1CCCO1. The fourth-order valence-electron chi connectivity index (χ4n) is 1.38. The van der Waals surface area contributed by atoms with Crippen LogP contribution in [-0.4, -0.2) is 39.0 Å². The topological polar surface area (TPSA) is 30.5 Å². The molecule has 1 atom stereocenters. The molecule has 1 aliphatic rings. The Bertz CT molecular complexity index is 133. The van der Waals surface area contributed by atoms with Crippen molar-refractivity contribution in [2.45, 2.75) is 18.9 Å². The second kappa shape index (κ2) is 7.06. The second-order valence-corrected chi connectivity index (χ2v) is 3.20. The summed E-state index contributed by atoms with van der Waals surface area (Å²) in [6, 6.07) is 0. The number of nitrogens with one attached hydrogen (secondary N) is 1. The van der Waals surface area contributed by atoms with E-state index in [9.17, 15) is 0 Å². The van der Waals surface area contributed by atoms with E-state index in [1.54, 1.807) is 6.08 Å². The molecule has 1 unspecified atom stereocenters. The van der Waals surface area contributed by atoms with Gasteiger partial charge in [0.15, 0.2) is 0 Å². The van der Waals surface area contributed by atoms with E-state index >= 15 is 0 Å². The summed E-state index contributed by atoms with van der Waals surface area (Å²) in [6.45, 7) is 7.75. The van der Waals surface area contributed by atoms with Crippen LogP contribution in [0.2, 0.25) is 0 Å². The van der Waals surface area contributed by atoms with E-state index in [-0.39, 0.29) is 0 Å². The Kier molecular flexibility index (Phi) is 5.81. The normalized spacial score (nSPS) is 22.0. The molecule has 0 aromatic carbocycles. The molecule has 0 bridgehead atoms. The molecule has 1 saturated heterocycles. The van der Waals surface area contributed by atoms with Crippen LogP contribution in [0.15, 0.2) is 12.7 Å². The van der Waals surface area contributed by atoms with Crippen LogP contribution in [0, 0.1) is 0 Å². The van der Waals surface area contributed by atoms with Gasteiger partial charge in [-0.3, -0.25) is 0 Å². The minimum absolute atomic E-state index is 0.430. The van der Waals surface area contributed by atoms with Crippen molar-refractivity contribution in [2.75, 3.05) is 32.9 Å². The van der Waals surface area contributed by atoms with E-state index in [1.807, 2.05) is 0 Å². The first-order chi connectivity index (χ1) is 6.43. The zero-order chi connectivity index (χ0) is 9.36. The summed E-state index contributed by atoms with van der Waals surface area (Å²) >= 11 is 0. The zero-order valence-electron chi connectivity index (χ0n) is 8.13. The van der Waals surface area contributed by atoms with Gasteiger partial charge >= 0.3 is 0 Å². The molecule has 76 valence electrons. The molecule has 0 aliphatic carbocycles. The van der Waals surface area contributed by atoms with E-state index in [1.165, 1.54) is 12.8 Å². The number of ether oxygens (including phenoxy) is 2. The lowest BCUT2D eigenvalue weighted by Gasteiger charge is -2.10. The van der Waals surface area contributed by atoms with Crippen LogP contribution in [0.25, 0.3) is 0 Å². The summed E-state index contributed by atoms with van der Waals surface area (Å²) in [7, 11) is 0. The molecule has 0 aromatic rings. The Morgan fingerprint density at radius 2 is 2.54 bits per heavy atom. The Morgan fingerprint density at radius 3 is 3.23 bits per heavy atom. The maximum atomic E-state index is 5.46. The first kappa shape index (κ1) is 10.7. The van der Waals surface area contributed by atoms with Crippen LogP contribution in [0.5, 0.6) is 0 Å². The molecule has 1 N–H and O–H groups in total. The quantitative estimate of drug-likeness (QED) is 0.473. The molecule has 0 aromatic heterocycles. The van der Waals surface area contributed by atoms with Crippen molar-refractivity contribution in [1.82, 2.24) is 5.32 Å². The maximum absolute atomic E-state index is 5.46. The number of hydrogen-bond donors (Lipinski definition) is 1. The second-order valence-electron chi connectivity index (χ2n) is 3.20. The average molecular weight is 185 g/mol. The molecule has 0 radical (unpaired) electrons. The van der Waals surface area contributed by atoms with Crippen LogP contribution >= 0.6 is 0 Å². The Hall–Kier alpha value is -0.380. The Labute approximate surface area is 80.1 Å². The van der Waals surface area contributed by atoms with Crippen molar-refractivity contribution in [2.24, 2.45) is 0 Å². The van der Waals surface area contributed by atoms with Crippen molar-refractivity contribution in [3.05, 3.63) is 12.7 Å². The molecule has 3 heteroatoms. The number of rotatable bonds is 7. The molecular formula is C10H19NO2. The lowest BCUT2D eigenvalue weighted by Crippen LogP contribution is -2.29. The first-order valence-corrected chi connectivity index (χ1v) is 4.94. The predicted octanol–water partition coefficient (Wildman–Crippen LogP) is 0.958. The van der Waals surface area contributed by atoms with E-state index in [0.717, 1.165) is 26.3 Å². The zero-order valence-corrected chi connectivity index (χ0v) is 8.13. The maximum Gasteiger partial charge on any atom is 0.0700 e. The van der Waals surface area contributed by atoms with Crippen LogP contribution in [0.1, 0.15) is 12.8 Å². The van der Waals surface area contributed by atoms with E-state index < -0.39 is 0 Å². The first-order valence-electron chi connectivity index (χ1n) is 4.94. The third kappa shape index (κ3) is 5.03. The molecule has 0 amide bonds. The van der Waals surface area contributed by atoms with Gasteiger partial charge in [0.1, 0.15) is 0 Å². The van der Waals surface area contributed by atoms with Gasteiger partial charge < -0.3 is 14.8 Å². The van der Waals surface area contributed by atoms with Gasteiger partial charge in [-0.25, -0.2) is 0 Å². The van der Waals surface area contributed by atoms with Crippen molar-refractivity contribution >= 4 is 0 Å². The summed E-state index contributed by atoms with van der Waals surface area (Å²) in [5, 5.41) is 3.30. The van der Waals surface area contributed by atoms with E-state index in [0.29, 0.717) is 12.7 Å². The van der Waals surface area contributed by atoms with Gasteiger partial charge in [0, 0.05) is 19.7 Å². The third-order valence-corrected chi connectivity index (χ3v) is 2.05. The monoisotopic (exact) mass is 185 g/mol. The standard InChI is InChI=1S/C10H19NO2/c1-2-6-12-8-5-11-9-10-4-3-7-13-10/h2,10-11H,1,3-9H2. The van der Waals surface area contributed by atoms with Gasteiger partial charge in [0.05, 0.1) is 19.3 Å². The van der Waals surface area contributed by atoms with Gasteiger partial charge in [-0.1, -0.05) is 6.08 Å². The summed E-state index contributed by atoms with van der Waals surface area (Å²) < 4.78 is 10.7. The molecule has 1 aliphatic heterocycles. The molecule has 1 heterocycles. The van der Waals surface area contributed by atoms with Gasteiger partial charge in [-0.05, 0) is 12.8 Å². The van der Waals surface area contributed by atoms with Crippen LogP contribution in [0.4, 0.5) is 0 Å². The molecule has 3 nitrogen and oxygen atoms in total. The highest BCUT2D eigenvalue weighted by molar-refractivity contribution is 4.67. The molecule has 1 rings (SSSR count). The van der Waals surface area contributed by atoms with E-state index in [4.69, 9.17) is 9.47 Å². The number of hydrogen-bond acceptors (Lipinski definition) is 3. The fourth-order valence-corrected chi connectivity index (χ4v) is 1.38. The highest BCUT2D eigenvalue weighted by atomic mass is 16.5. The minimum Gasteiger partial charge on any atom is -0.377 e. The minimum atomic E-state index is 0.430. The molecule has 13 heavy (non-hydrogen) atoms. The average Bonchev–Trinajstić information content (AvgIpc) is 2.63. The predicted molar refractivity (Wildman–Crippen MR) is 52.9 cm³/mol. The van der Waals surface area contributed by atoms with Crippen LogP contribution in [0.3, 0.4) is 0 Å². The Balaban J connectivity index is 1.80. The molecule has 0 spiro atoms. The lowest BCUT2D eigenvalue weighted by atomic mass is 10.2.